The molecule has 0 aliphatic heterocycles. The monoisotopic (exact) mass is 412 g/mol. The number of carbonyl (C=O) groups excluding carboxylic acids is 2. The first-order chi connectivity index (χ1) is 13.5. The Morgan fingerprint density at radius 3 is 2.18 bits per heavy atom. The number of hydrogen-bond acceptors (Lipinski definition) is 3. The molecule has 0 heterocycles. The van der Waals surface area contributed by atoms with Crippen LogP contribution in [0.3, 0.4) is 0 Å². The lowest BCUT2D eigenvalue weighted by Gasteiger charge is -2.11. The highest BCUT2D eigenvalue weighted by Gasteiger charge is 2.15. The largest absolute Gasteiger partial charge is 0.465 e. The van der Waals surface area contributed by atoms with Gasteiger partial charge in [-0.05, 0) is 47.4 Å². The van der Waals surface area contributed by atoms with Gasteiger partial charge in [0.05, 0.1) is 12.7 Å². The van der Waals surface area contributed by atoms with Crippen LogP contribution >= 0.6 is 23.2 Å². The van der Waals surface area contributed by atoms with Crippen molar-refractivity contribution in [3.05, 3.63) is 93.5 Å². The molecular formula is C23H18Cl2O3. The van der Waals surface area contributed by atoms with E-state index in [1.54, 1.807) is 24.3 Å². The second-order valence-corrected chi connectivity index (χ2v) is 7.18. The Bertz CT molecular complexity index is 993. The molecule has 0 aliphatic rings. The smallest absolute Gasteiger partial charge is 0.338 e. The molecule has 0 radical (unpaired) electrons. The van der Waals surface area contributed by atoms with E-state index in [1.165, 1.54) is 7.11 Å². The van der Waals surface area contributed by atoms with Crippen LogP contribution in [-0.2, 0) is 11.2 Å². The Kier molecular flexibility index (Phi) is 6.50. The van der Waals surface area contributed by atoms with Gasteiger partial charge >= 0.3 is 5.97 Å². The van der Waals surface area contributed by atoms with Crippen molar-refractivity contribution in [2.24, 2.45) is 0 Å². The van der Waals surface area contributed by atoms with Gasteiger partial charge in [-0.3, -0.25) is 4.79 Å². The fourth-order valence-corrected chi connectivity index (χ4v) is 3.55. The van der Waals surface area contributed by atoms with Gasteiger partial charge < -0.3 is 4.74 Å². The topological polar surface area (TPSA) is 43.4 Å². The fourth-order valence-electron chi connectivity index (χ4n) is 3.03. The van der Waals surface area contributed by atoms with Crippen molar-refractivity contribution in [3.63, 3.8) is 0 Å². The molecular weight excluding hydrogens is 395 g/mol. The molecule has 0 aliphatic carbocycles. The number of esters is 1. The maximum absolute atomic E-state index is 12.6. The summed E-state index contributed by atoms with van der Waals surface area (Å²) in [6, 6.07) is 20.2. The summed E-state index contributed by atoms with van der Waals surface area (Å²) in [6.07, 6.45) is 0.618. The number of ketones is 1. The molecule has 0 unspecified atom stereocenters. The number of hydrogen-bond donors (Lipinski definition) is 0. The summed E-state index contributed by atoms with van der Waals surface area (Å²) in [4.78, 5) is 24.7. The average molecular weight is 413 g/mol. The quantitative estimate of drug-likeness (QED) is 0.354. The Morgan fingerprint density at radius 2 is 1.54 bits per heavy atom. The van der Waals surface area contributed by atoms with Gasteiger partial charge in [-0.1, -0.05) is 65.7 Å². The van der Waals surface area contributed by atoms with E-state index in [1.807, 2.05) is 42.5 Å². The molecule has 5 heteroatoms. The number of aryl methyl sites for hydroxylation is 1. The molecule has 0 fully saturated rings. The minimum absolute atomic E-state index is 0.0923. The van der Waals surface area contributed by atoms with E-state index in [0.29, 0.717) is 27.6 Å². The molecule has 0 saturated heterocycles. The molecule has 0 N–H and O–H groups in total. The van der Waals surface area contributed by atoms with E-state index < -0.39 is 5.97 Å². The van der Waals surface area contributed by atoms with E-state index in [4.69, 9.17) is 27.9 Å². The molecule has 3 aromatic rings. The lowest BCUT2D eigenvalue weighted by molar-refractivity contribution is 0.0599. The lowest BCUT2D eigenvalue weighted by atomic mass is 9.95. The highest BCUT2D eigenvalue weighted by molar-refractivity contribution is 6.35. The molecule has 0 aromatic heterocycles. The second kappa shape index (κ2) is 9.05. The Balaban J connectivity index is 1.88. The van der Waals surface area contributed by atoms with Crippen molar-refractivity contribution >= 4 is 35.0 Å². The van der Waals surface area contributed by atoms with Gasteiger partial charge in [0.1, 0.15) is 0 Å². The van der Waals surface area contributed by atoms with Crippen LogP contribution in [0.15, 0.2) is 66.7 Å². The zero-order valence-electron chi connectivity index (χ0n) is 15.2. The number of benzene rings is 3. The van der Waals surface area contributed by atoms with E-state index in [-0.39, 0.29) is 12.2 Å². The predicted molar refractivity (Wildman–Crippen MR) is 112 cm³/mol. The molecule has 0 spiro atoms. The third-order valence-electron chi connectivity index (χ3n) is 4.42. The second-order valence-electron chi connectivity index (χ2n) is 6.31. The molecule has 142 valence electrons. The molecule has 3 nitrogen and oxygen atoms in total. The Morgan fingerprint density at radius 1 is 0.857 bits per heavy atom. The summed E-state index contributed by atoms with van der Waals surface area (Å²) in [7, 11) is 1.34. The van der Waals surface area contributed by atoms with Gasteiger partial charge in [-0.2, -0.15) is 0 Å². The molecule has 0 bridgehead atoms. The molecule has 0 atom stereocenters. The maximum Gasteiger partial charge on any atom is 0.338 e. The molecule has 3 rings (SSSR count). The summed E-state index contributed by atoms with van der Waals surface area (Å²) in [5, 5.41) is 0.828. The van der Waals surface area contributed by atoms with E-state index in [9.17, 15) is 9.59 Å². The van der Waals surface area contributed by atoms with Gasteiger partial charge in [0.15, 0.2) is 5.78 Å². The fraction of sp³-hybridized carbons (Fsp3) is 0.130. The Hall–Kier alpha value is -2.62. The van der Waals surface area contributed by atoms with Gasteiger partial charge in [0.25, 0.3) is 0 Å². The van der Waals surface area contributed by atoms with Gasteiger partial charge in [0.2, 0.25) is 0 Å². The van der Waals surface area contributed by atoms with Crippen LogP contribution in [-0.4, -0.2) is 18.9 Å². The van der Waals surface area contributed by atoms with Crippen LogP contribution < -0.4 is 0 Å². The van der Waals surface area contributed by atoms with E-state index >= 15 is 0 Å². The van der Waals surface area contributed by atoms with Crippen molar-refractivity contribution in [1.82, 2.24) is 0 Å². The third kappa shape index (κ3) is 4.80. The summed E-state index contributed by atoms with van der Waals surface area (Å²) in [5.74, 6) is -0.516. The number of rotatable bonds is 6. The third-order valence-corrected chi connectivity index (χ3v) is 4.86. The van der Waals surface area contributed by atoms with Crippen LogP contribution in [0, 0.1) is 0 Å². The van der Waals surface area contributed by atoms with Crippen molar-refractivity contribution in [2.45, 2.75) is 12.8 Å². The zero-order valence-corrected chi connectivity index (χ0v) is 16.8. The average Bonchev–Trinajstić information content (AvgIpc) is 2.71. The van der Waals surface area contributed by atoms with Crippen molar-refractivity contribution < 1.29 is 14.3 Å². The first-order valence-electron chi connectivity index (χ1n) is 8.74. The lowest BCUT2D eigenvalue weighted by Crippen LogP contribution is -2.08. The number of ether oxygens (including phenoxy) is 1. The number of carbonyl (C=O) groups is 2. The van der Waals surface area contributed by atoms with Gasteiger partial charge in [0, 0.05) is 22.0 Å². The number of halogens is 2. The Labute approximate surface area is 173 Å². The zero-order chi connectivity index (χ0) is 20.1. The molecule has 0 saturated carbocycles. The van der Waals surface area contributed by atoms with Crippen LogP contribution in [0.2, 0.25) is 10.0 Å². The summed E-state index contributed by atoms with van der Waals surface area (Å²) >= 11 is 12.0. The van der Waals surface area contributed by atoms with Crippen LogP contribution in [0.5, 0.6) is 0 Å². The van der Waals surface area contributed by atoms with Crippen molar-refractivity contribution in [2.75, 3.05) is 7.11 Å². The summed E-state index contributed by atoms with van der Waals surface area (Å²) in [5.41, 5.74) is 3.68. The summed E-state index contributed by atoms with van der Waals surface area (Å²) < 4.78 is 4.89. The maximum atomic E-state index is 12.6. The number of Topliss-reactive ketones (excluding diaryl/α,β-unsaturated/α-hetero) is 1. The molecule has 28 heavy (non-hydrogen) atoms. The first kappa shape index (κ1) is 20.1. The SMILES string of the molecule is COC(=O)c1ccc(-c2ccccc2)cc1CCC(=O)c1cc(Cl)cc(Cl)c1. The van der Waals surface area contributed by atoms with Gasteiger partial charge in [-0.25, -0.2) is 4.79 Å². The van der Waals surface area contributed by atoms with Crippen LogP contribution in [0.1, 0.15) is 32.7 Å². The van der Waals surface area contributed by atoms with Crippen LogP contribution in [0.25, 0.3) is 11.1 Å². The minimum atomic E-state index is -0.423. The summed E-state index contributed by atoms with van der Waals surface area (Å²) in [6.45, 7) is 0. The van der Waals surface area contributed by atoms with Crippen molar-refractivity contribution in [1.29, 1.82) is 0 Å². The molecule has 3 aromatic carbocycles. The first-order valence-corrected chi connectivity index (χ1v) is 9.49. The predicted octanol–water partition coefficient (Wildman–Crippen LogP) is 6.26. The number of methoxy groups -OCH3 is 1. The van der Waals surface area contributed by atoms with Crippen molar-refractivity contribution in [3.8, 4) is 11.1 Å². The van der Waals surface area contributed by atoms with Gasteiger partial charge in [-0.15, -0.1) is 0 Å². The van der Waals surface area contributed by atoms with E-state index in [2.05, 4.69) is 0 Å². The standard InChI is InChI=1S/C23H18Cl2O3/c1-28-23(27)21-9-7-16(15-5-3-2-4-6-15)11-17(21)8-10-22(26)18-12-19(24)14-20(25)13-18/h2-7,9,11-14H,8,10H2,1H3. The van der Waals surface area contributed by atoms with E-state index in [0.717, 1.165) is 16.7 Å². The minimum Gasteiger partial charge on any atom is -0.465 e. The molecule has 0 amide bonds. The highest BCUT2D eigenvalue weighted by atomic mass is 35.5. The highest BCUT2D eigenvalue weighted by Crippen LogP contribution is 2.25. The normalized spacial score (nSPS) is 10.5. The van der Waals surface area contributed by atoms with Crippen LogP contribution in [0.4, 0.5) is 0 Å².